The molecule has 9 heteroatoms. The predicted octanol–water partition coefficient (Wildman–Crippen LogP) is 4.30. The van der Waals surface area contributed by atoms with Crippen molar-refractivity contribution in [1.82, 2.24) is 24.6 Å². The fourth-order valence-corrected chi connectivity index (χ4v) is 4.90. The number of benzene rings is 1. The Labute approximate surface area is 175 Å². The van der Waals surface area contributed by atoms with Crippen LogP contribution in [-0.2, 0) is 7.05 Å². The fraction of sp³-hybridized carbons (Fsp3) is 0.211. The zero-order valence-corrected chi connectivity index (χ0v) is 17.7. The van der Waals surface area contributed by atoms with Crippen molar-refractivity contribution in [1.29, 1.82) is 0 Å². The average molecular weight is 432 g/mol. The van der Waals surface area contributed by atoms with Crippen LogP contribution in [0.4, 0.5) is 0 Å². The van der Waals surface area contributed by atoms with Gasteiger partial charge in [0.15, 0.2) is 5.16 Å². The van der Waals surface area contributed by atoms with E-state index in [2.05, 4.69) is 15.4 Å². The van der Waals surface area contributed by atoms with E-state index in [1.165, 1.54) is 11.3 Å². The topological polar surface area (TPSA) is 64.7 Å². The summed E-state index contributed by atoms with van der Waals surface area (Å²) in [7, 11) is 1.96. The Morgan fingerprint density at radius 2 is 2.21 bits per heavy atom. The number of halogens is 1. The Kier molecular flexibility index (Phi) is 5.43. The van der Waals surface area contributed by atoms with E-state index < -0.39 is 0 Å². The molecule has 4 aromatic rings. The molecule has 0 saturated carbocycles. The molecule has 1 N–H and O–H groups in total. The lowest BCUT2D eigenvalue weighted by Gasteiger charge is -2.04. The van der Waals surface area contributed by atoms with Gasteiger partial charge in [0.25, 0.3) is 5.91 Å². The predicted molar refractivity (Wildman–Crippen MR) is 115 cm³/mol. The second kappa shape index (κ2) is 7.98. The van der Waals surface area contributed by atoms with Crippen molar-refractivity contribution in [2.24, 2.45) is 7.05 Å². The van der Waals surface area contributed by atoms with E-state index >= 15 is 0 Å². The van der Waals surface area contributed by atoms with Crippen LogP contribution in [-0.4, -0.2) is 37.5 Å². The Hall–Kier alpha value is -2.29. The second-order valence-electron chi connectivity index (χ2n) is 6.23. The van der Waals surface area contributed by atoms with E-state index in [0.717, 1.165) is 32.5 Å². The van der Waals surface area contributed by atoms with Gasteiger partial charge in [-0.1, -0.05) is 29.4 Å². The summed E-state index contributed by atoms with van der Waals surface area (Å²) in [5.74, 6) is 0.690. The van der Waals surface area contributed by atoms with Gasteiger partial charge in [-0.15, -0.1) is 11.3 Å². The highest BCUT2D eigenvalue weighted by Gasteiger charge is 2.17. The maximum absolute atomic E-state index is 12.6. The molecule has 4 rings (SSSR count). The Morgan fingerprint density at radius 1 is 1.36 bits per heavy atom. The summed E-state index contributed by atoms with van der Waals surface area (Å²) in [6.07, 6.45) is 3.67. The van der Waals surface area contributed by atoms with E-state index in [0.29, 0.717) is 16.4 Å². The molecule has 1 aromatic carbocycles. The van der Waals surface area contributed by atoms with Gasteiger partial charge in [0.05, 0.1) is 16.3 Å². The molecule has 0 radical (unpaired) electrons. The number of hydrogen-bond acceptors (Lipinski definition) is 5. The van der Waals surface area contributed by atoms with Crippen molar-refractivity contribution in [3.8, 4) is 5.69 Å². The van der Waals surface area contributed by atoms with Gasteiger partial charge >= 0.3 is 0 Å². The molecular weight excluding hydrogens is 414 g/mol. The van der Waals surface area contributed by atoms with Gasteiger partial charge < -0.3 is 9.88 Å². The third kappa shape index (κ3) is 3.80. The first-order valence-corrected chi connectivity index (χ1v) is 10.8. The van der Waals surface area contributed by atoms with Crippen LogP contribution in [0.2, 0.25) is 5.02 Å². The summed E-state index contributed by atoms with van der Waals surface area (Å²) >= 11 is 9.17. The van der Waals surface area contributed by atoms with Crippen LogP contribution < -0.4 is 5.32 Å². The number of fused-ring (bicyclic) bond motifs is 1. The lowest BCUT2D eigenvalue weighted by atomic mass is 10.3. The average Bonchev–Trinajstić information content (AvgIpc) is 3.36. The van der Waals surface area contributed by atoms with Gasteiger partial charge in [-0.2, -0.15) is 5.10 Å². The van der Waals surface area contributed by atoms with Crippen LogP contribution >= 0.6 is 34.7 Å². The Balaban J connectivity index is 1.47. The smallest absolute Gasteiger partial charge is 0.261 e. The lowest BCUT2D eigenvalue weighted by molar-refractivity contribution is 0.0960. The molecule has 0 aliphatic rings. The Bertz CT molecular complexity index is 1150. The van der Waals surface area contributed by atoms with Crippen LogP contribution in [0.1, 0.15) is 15.4 Å². The van der Waals surface area contributed by atoms with Crippen molar-refractivity contribution in [2.45, 2.75) is 12.1 Å². The van der Waals surface area contributed by atoms with Crippen LogP contribution in [0.5, 0.6) is 0 Å². The standard InChI is InChI=1S/C19H18ClN5OS2/c1-12-15-11-16(17(26)21-7-9-27-19-22-6-8-24(19)2)28-18(15)25(23-12)14-5-3-4-13(20)10-14/h3-6,8,10-11H,7,9H2,1-2H3,(H,21,26). The molecule has 0 fully saturated rings. The van der Waals surface area contributed by atoms with E-state index in [9.17, 15) is 4.79 Å². The largest absolute Gasteiger partial charge is 0.350 e. The monoisotopic (exact) mass is 431 g/mol. The van der Waals surface area contributed by atoms with Crippen molar-refractivity contribution in [2.75, 3.05) is 12.3 Å². The van der Waals surface area contributed by atoms with Gasteiger partial charge in [-0.25, -0.2) is 9.67 Å². The summed E-state index contributed by atoms with van der Waals surface area (Å²) in [5.41, 5.74) is 1.77. The first kappa shape index (κ1) is 19.0. The SMILES string of the molecule is Cc1nn(-c2cccc(Cl)c2)c2sc(C(=O)NCCSc3nccn3C)cc12. The summed E-state index contributed by atoms with van der Waals surface area (Å²) < 4.78 is 3.80. The van der Waals surface area contributed by atoms with Gasteiger partial charge in [0.1, 0.15) is 4.83 Å². The molecule has 0 spiro atoms. The van der Waals surface area contributed by atoms with Crippen LogP contribution in [0.3, 0.4) is 0 Å². The number of nitrogens with one attached hydrogen (secondary N) is 1. The minimum Gasteiger partial charge on any atom is -0.350 e. The van der Waals surface area contributed by atoms with Gasteiger partial charge in [-0.05, 0) is 31.2 Å². The summed E-state index contributed by atoms with van der Waals surface area (Å²) in [5, 5.41) is 10.2. The highest BCUT2D eigenvalue weighted by molar-refractivity contribution is 7.99. The van der Waals surface area contributed by atoms with E-state index in [-0.39, 0.29) is 5.91 Å². The zero-order chi connectivity index (χ0) is 19.7. The maximum Gasteiger partial charge on any atom is 0.261 e. The normalized spacial score (nSPS) is 11.2. The number of thiophene rings is 1. The number of carbonyl (C=O) groups is 1. The molecule has 6 nitrogen and oxygen atoms in total. The second-order valence-corrected chi connectivity index (χ2v) is 8.76. The van der Waals surface area contributed by atoms with E-state index in [1.807, 2.05) is 59.7 Å². The van der Waals surface area contributed by atoms with Gasteiger partial charge in [0.2, 0.25) is 0 Å². The molecule has 0 aliphatic heterocycles. The number of carbonyl (C=O) groups excluding carboxylic acids is 1. The summed E-state index contributed by atoms with van der Waals surface area (Å²) in [6.45, 7) is 2.52. The van der Waals surface area contributed by atoms with Crippen molar-refractivity contribution in [3.05, 3.63) is 58.3 Å². The molecule has 0 saturated heterocycles. The van der Waals surface area contributed by atoms with E-state index in [1.54, 1.807) is 18.0 Å². The maximum atomic E-state index is 12.6. The number of imidazole rings is 1. The number of aromatic nitrogens is 4. The van der Waals surface area contributed by atoms with E-state index in [4.69, 9.17) is 11.6 Å². The number of hydrogen-bond donors (Lipinski definition) is 1. The quantitative estimate of drug-likeness (QED) is 0.365. The molecule has 3 heterocycles. The molecule has 3 aromatic heterocycles. The molecule has 1 amide bonds. The third-order valence-corrected chi connectivity index (χ3v) is 6.62. The van der Waals surface area contributed by atoms with Crippen molar-refractivity contribution >= 4 is 50.8 Å². The molecule has 0 atom stereocenters. The molecule has 144 valence electrons. The molecule has 0 bridgehead atoms. The number of thioether (sulfide) groups is 1. The minimum absolute atomic E-state index is 0.0707. The number of amides is 1. The van der Waals surface area contributed by atoms with Gasteiger partial charge in [-0.3, -0.25) is 4.79 Å². The molecule has 28 heavy (non-hydrogen) atoms. The van der Waals surface area contributed by atoms with Crippen molar-refractivity contribution in [3.63, 3.8) is 0 Å². The van der Waals surface area contributed by atoms with Crippen molar-refractivity contribution < 1.29 is 4.79 Å². The molecule has 0 unspecified atom stereocenters. The number of nitrogens with zero attached hydrogens (tertiary/aromatic N) is 4. The number of rotatable bonds is 6. The fourth-order valence-electron chi connectivity index (χ4n) is 2.83. The lowest BCUT2D eigenvalue weighted by Crippen LogP contribution is -2.24. The third-order valence-electron chi connectivity index (χ3n) is 4.22. The van der Waals surface area contributed by atoms with Crippen LogP contribution in [0.15, 0.2) is 47.9 Å². The van der Waals surface area contributed by atoms with Crippen LogP contribution in [0, 0.1) is 6.92 Å². The molecular formula is C19H18ClN5OS2. The highest BCUT2D eigenvalue weighted by Crippen LogP contribution is 2.31. The molecule has 0 aliphatic carbocycles. The minimum atomic E-state index is -0.0707. The first-order valence-electron chi connectivity index (χ1n) is 8.66. The number of aryl methyl sites for hydroxylation is 2. The summed E-state index contributed by atoms with van der Waals surface area (Å²) in [4.78, 5) is 18.4. The van der Waals surface area contributed by atoms with Crippen LogP contribution in [0.25, 0.3) is 15.9 Å². The first-order chi connectivity index (χ1) is 13.5. The van der Waals surface area contributed by atoms with Gasteiger partial charge in [0, 0.05) is 42.1 Å². The summed E-state index contributed by atoms with van der Waals surface area (Å²) in [6, 6.07) is 9.44. The Morgan fingerprint density at radius 3 is 2.96 bits per heavy atom. The zero-order valence-electron chi connectivity index (χ0n) is 15.3. The highest BCUT2D eigenvalue weighted by atomic mass is 35.5.